The molecule has 0 saturated heterocycles. The number of aryl methyl sites for hydroxylation is 1. The minimum Gasteiger partial charge on any atom is -0.490 e. The molecule has 0 bridgehead atoms. The molecule has 2 rings (SSSR count). The van der Waals surface area contributed by atoms with Crippen molar-refractivity contribution in [3.8, 4) is 5.75 Å². The number of rotatable bonds is 5. The normalized spacial score (nSPS) is 19.8. The summed E-state index contributed by atoms with van der Waals surface area (Å²) in [6.07, 6.45) is 5.93. The summed E-state index contributed by atoms with van der Waals surface area (Å²) in [4.78, 5) is 0. The van der Waals surface area contributed by atoms with Crippen LogP contribution in [-0.2, 0) is 6.42 Å². The molecule has 0 amide bonds. The predicted octanol–water partition coefficient (Wildman–Crippen LogP) is 3.21. The van der Waals surface area contributed by atoms with Crippen molar-refractivity contribution in [3.63, 3.8) is 0 Å². The van der Waals surface area contributed by atoms with Gasteiger partial charge in [-0.15, -0.1) is 0 Å². The Morgan fingerprint density at radius 1 is 1.47 bits per heavy atom. The first-order valence-corrected chi connectivity index (χ1v) is 6.70. The fourth-order valence-corrected chi connectivity index (χ4v) is 2.42. The molecule has 0 spiro atoms. The Bertz CT molecular complexity index is 375. The van der Waals surface area contributed by atoms with E-state index in [-0.39, 0.29) is 0 Å². The molecule has 2 N–H and O–H groups in total. The van der Waals surface area contributed by atoms with Crippen LogP contribution < -0.4 is 10.5 Å². The molecule has 1 aromatic rings. The van der Waals surface area contributed by atoms with Crippen LogP contribution in [0.1, 0.15) is 43.7 Å². The third kappa shape index (κ3) is 3.22. The Morgan fingerprint density at radius 2 is 2.29 bits per heavy atom. The molecule has 1 aromatic carbocycles. The van der Waals surface area contributed by atoms with Gasteiger partial charge in [-0.2, -0.15) is 0 Å². The van der Waals surface area contributed by atoms with Gasteiger partial charge in [0.25, 0.3) is 0 Å². The summed E-state index contributed by atoms with van der Waals surface area (Å²) in [5.74, 6) is 1.08. The lowest BCUT2D eigenvalue weighted by Gasteiger charge is -2.12. The molecule has 0 aromatic heterocycles. The molecular formula is C15H23NO. The molecule has 94 valence electrons. The second-order valence-corrected chi connectivity index (χ2v) is 5.15. The van der Waals surface area contributed by atoms with Crippen molar-refractivity contribution >= 4 is 0 Å². The van der Waals surface area contributed by atoms with Crippen LogP contribution >= 0.6 is 0 Å². The van der Waals surface area contributed by atoms with Gasteiger partial charge in [-0.1, -0.05) is 24.6 Å². The summed E-state index contributed by atoms with van der Waals surface area (Å²) < 4.78 is 5.94. The highest BCUT2D eigenvalue weighted by molar-refractivity contribution is 5.40. The second kappa shape index (κ2) is 5.54. The van der Waals surface area contributed by atoms with E-state index in [0.717, 1.165) is 31.4 Å². The van der Waals surface area contributed by atoms with Crippen molar-refractivity contribution in [1.29, 1.82) is 0 Å². The zero-order chi connectivity index (χ0) is 12.3. The average Bonchev–Trinajstić information content (AvgIpc) is 2.70. The van der Waals surface area contributed by atoms with Gasteiger partial charge in [0.15, 0.2) is 0 Å². The molecule has 2 nitrogen and oxygen atoms in total. The highest BCUT2D eigenvalue weighted by Crippen LogP contribution is 2.31. The molecule has 1 heterocycles. The number of hydrogen-bond acceptors (Lipinski definition) is 2. The first-order chi connectivity index (χ1) is 8.19. The lowest BCUT2D eigenvalue weighted by atomic mass is 10.0. The van der Waals surface area contributed by atoms with Gasteiger partial charge in [0, 0.05) is 12.5 Å². The summed E-state index contributed by atoms with van der Waals surface area (Å²) in [6.45, 7) is 4.28. The fraction of sp³-hybridized carbons (Fsp3) is 0.600. The molecular weight excluding hydrogens is 210 g/mol. The Labute approximate surface area is 104 Å². The van der Waals surface area contributed by atoms with E-state index >= 15 is 0 Å². The van der Waals surface area contributed by atoms with E-state index in [1.165, 1.54) is 17.5 Å². The molecule has 2 atom stereocenters. The van der Waals surface area contributed by atoms with Gasteiger partial charge in [0.2, 0.25) is 0 Å². The van der Waals surface area contributed by atoms with Crippen molar-refractivity contribution in [1.82, 2.24) is 0 Å². The van der Waals surface area contributed by atoms with Crippen LogP contribution in [0.4, 0.5) is 0 Å². The van der Waals surface area contributed by atoms with Crippen molar-refractivity contribution in [2.45, 2.75) is 58.1 Å². The van der Waals surface area contributed by atoms with Gasteiger partial charge in [-0.3, -0.25) is 0 Å². The lowest BCUT2D eigenvalue weighted by molar-refractivity contribution is 0.215. The van der Waals surface area contributed by atoms with Gasteiger partial charge in [-0.25, -0.2) is 0 Å². The van der Waals surface area contributed by atoms with Crippen LogP contribution in [0.3, 0.4) is 0 Å². The predicted molar refractivity (Wildman–Crippen MR) is 71.4 cm³/mol. The van der Waals surface area contributed by atoms with E-state index in [2.05, 4.69) is 32.0 Å². The maximum absolute atomic E-state index is 5.94. The Hall–Kier alpha value is -1.02. The Balaban J connectivity index is 1.80. The van der Waals surface area contributed by atoms with E-state index in [0.29, 0.717) is 12.1 Å². The summed E-state index contributed by atoms with van der Waals surface area (Å²) in [6, 6.07) is 6.82. The van der Waals surface area contributed by atoms with Crippen LogP contribution in [0, 0.1) is 6.92 Å². The molecule has 0 radical (unpaired) electrons. The smallest absolute Gasteiger partial charge is 0.123 e. The topological polar surface area (TPSA) is 35.2 Å². The highest BCUT2D eigenvalue weighted by Gasteiger charge is 2.22. The number of ether oxygens (including phenoxy) is 1. The molecule has 2 unspecified atom stereocenters. The maximum atomic E-state index is 5.94. The van der Waals surface area contributed by atoms with Gasteiger partial charge in [-0.05, 0) is 44.2 Å². The summed E-state index contributed by atoms with van der Waals surface area (Å²) in [5, 5.41) is 0. The van der Waals surface area contributed by atoms with Crippen LogP contribution in [0.25, 0.3) is 0 Å². The third-order valence-corrected chi connectivity index (χ3v) is 3.58. The van der Waals surface area contributed by atoms with Crippen molar-refractivity contribution in [3.05, 3.63) is 29.3 Å². The van der Waals surface area contributed by atoms with Gasteiger partial charge < -0.3 is 10.5 Å². The third-order valence-electron chi connectivity index (χ3n) is 3.58. The number of nitrogens with two attached hydrogens (primary N) is 1. The number of hydrogen-bond donors (Lipinski definition) is 1. The van der Waals surface area contributed by atoms with Crippen molar-refractivity contribution in [2.75, 3.05) is 0 Å². The van der Waals surface area contributed by atoms with Crippen molar-refractivity contribution in [2.24, 2.45) is 5.73 Å². The van der Waals surface area contributed by atoms with Crippen LogP contribution in [0.2, 0.25) is 0 Å². The summed E-state index contributed by atoms with van der Waals surface area (Å²) in [5.41, 5.74) is 8.61. The van der Waals surface area contributed by atoms with Crippen LogP contribution in [0.5, 0.6) is 5.75 Å². The largest absolute Gasteiger partial charge is 0.490 e. The quantitative estimate of drug-likeness (QED) is 0.847. The maximum Gasteiger partial charge on any atom is 0.123 e. The Kier molecular flexibility index (Phi) is 4.06. The number of fused-ring (bicyclic) bond motifs is 1. The monoisotopic (exact) mass is 233 g/mol. The van der Waals surface area contributed by atoms with Gasteiger partial charge in [0.05, 0.1) is 0 Å². The molecule has 1 aliphatic rings. The standard InChI is InChI=1S/C15H23NO/c1-3-13(16)5-4-6-14-10-12-9-11(2)7-8-15(12)17-14/h7-9,13-14H,3-6,10,16H2,1-2H3. The van der Waals surface area contributed by atoms with E-state index < -0.39 is 0 Å². The zero-order valence-electron chi connectivity index (χ0n) is 10.9. The summed E-state index contributed by atoms with van der Waals surface area (Å²) >= 11 is 0. The van der Waals surface area contributed by atoms with Gasteiger partial charge >= 0.3 is 0 Å². The van der Waals surface area contributed by atoms with Gasteiger partial charge in [0.1, 0.15) is 11.9 Å². The zero-order valence-corrected chi connectivity index (χ0v) is 10.9. The van der Waals surface area contributed by atoms with E-state index in [1.807, 2.05) is 0 Å². The SMILES string of the molecule is CCC(N)CCCC1Cc2cc(C)ccc2O1. The molecule has 1 aliphatic heterocycles. The lowest BCUT2D eigenvalue weighted by Crippen LogP contribution is -2.20. The minimum absolute atomic E-state index is 0.362. The molecule has 17 heavy (non-hydrogen) atoms. The highest BCUT2D eigenvalue weighted by atomic mass is 16.5. The Morgan fingerprint density at radius 3 is 3.06 bits per heavy atom. The van der Waals surface area contributed by atoms with E-state index in [1.54, 1.807) is 0 Å². The van der Waals surface area contributed by atoms with E-state index in [9.17, 15) is 0 Å². The van der Waals surface area contributed by atoms with E-state index in [4.69, 9.17) is 10.5 Å². The molecule has 0 saturated carbocycles. The summed E-state index contributed by atoms with van der Waals surface area (Å²) in [7, 11) is 0. The first kappa shape index (κ1) is 12.4. The first-order valence-electron chi connectivity index (χ1n) is 6.70. The molecule has 2 heteroatoms. The molecule has 0 fully saturated rings. The van der Waals surface area contributed by atoms with Crippen molar-refractivity contribution < 1.29 is 4.74 Å². The number of benzene rings is 1. The second-order valence-electron chi connectivity index (χ2n) is 5.15. The van der Waals surface area contributed by atoms with Crippen LogP contribution in [0.15, 0.2) is 18.2 Å². The molecule has 0 aliphatic carbocycles. The average molecular weight is 233 g/mol. The minimum atomic E-state index is 0.362. The fourth-order valence-electron chi connectivity index (χ4n) is 2.42. The van der Waals surface area contributed by atoms with Crippen LogP contribution in [-0.4, -0.2) is 12.1 Å².